The summed E-state index contributed by atoms with van der Waals surface area (Å²) in [6.07, 6.45) is 3.35. The topological polar surface area (TPSA) is 50.8 Å². The average Bonchev–Trinajstić information content (AvgIpc) is 2.60. The summed E-state index contributed by atoms with van der Waals surface area (Å²) in [6, 6.07) is 8.05. The van der Waals surface area contributed by atoms with Crippen molar-refractivity contribution in [2.24, 2.45) is 0 Å². The number of anilines is 2. The highest BCUT2D eigenvalue weighted by atomic mass is 16.5. The second-order valence-corrected chi connectivity index (χ2v) is 5.79. The number of carbonyl (C=O) groups excluding carboxylic acids is 1. The van der Waals surface area contributed by atoms with E-state index >= 15 is 0 Å². The maximum absolute atomic E-state index is 12.1. The second kappa shape index (κ2) is 9.53. The molecule has 0 aromatic heterocycles. The van der Waals surface area contributed by atoms with Crippen LogP contribution in [0.1, 0.15) is 33.1 Å². The van der Waals surface area contributed by atoms with Gasteiger partial charge in [0.1, 0.15) is 6.10 Å². The van der Waals surface area contributed by atoms with Gasteiger partial charge in [0.15, 0.2) is 0 Å². The fraction of sp³-hybridized carbons (Fsp3) is 0.611. The van der Waals surface area contributed by atoms with E-state index in [9.17, 15) is 4.79 Å². The molecule has 1 N–H and O–H groups in total. The predicted octanol–water partition coefficient (Wildman–Crippen LogP) is 3.06. The first kappa shape index (κ1) is 17.8. The van der Waals surface area contributed by atoms with Gasteiger partial charge >= 0.3 is 0 Å². The molecule has 1 aliphatic rings. The van der Waals surface area contributed by atoms with Gasteiger partial charge in [-0.2, -0.15) is 0 Å². The molecule has 1 saturated heterocycles. The maximum Gasteiger partial charge on any atom is 0.253 e. The van der Waals surface area contributed by atoms with E-state index in [2.05, 4.69) is 22.3 Å². The smallest absolute Gasteiger partial charge is 0.253 e. The van der Waals surface area contributed by atoms with Crippen molar-refractivity contribution in [1.29, 1.82) is 0 Å². The van der Waals surface area contributed by atoms with Gasteiger partial charge in [-0.15, -0.1) is 0 Å². The molecule has 1 aliphatic heterocycles. The van der Waals surface area contributed by atoms with Crippen LogP contribution in [0.25, 0.3) is 0 Å². The number of nitrogens with zero attached hydrogens (tertiary/aromatic N) is 1. The van der Waals surface area contributed by atoms with Crippen LogP contribution >= 0.6 is 0 Å². The lowest BCUT2D eigenvalue weighted by atomic mass is 10.1. The molecule has 0 spiro atoms. The molecule has 0 aliphatic carbocycles. The summed E-state index contributed by atoms with van der Waals surface area (Å²) < 4.78 is 10.6. The van der Waals surface area contributed by atoms with Crippen LogP contribution in [0.4, 0.5) is 11.4 Å². The van der Waals surface area contributed by atoms with Crippen LogP contribution in [0.5, 0.6) is 0 Å². The van der Waals surface area contributed by atoms with Crippen molar-refractivity contribution in [3.63, 3.8) is 0 Å². The predicted molar refractivity (Wildman–Crippen MR) is 93.0 cm³/mol. The summed E-state index contributed by atoms with van der Waals surface area (Å²) in [5.41, 5.74) is 2.03. The standard InChI is InChI=1S/C18H28N2O3/c1-3-22-13-14-23-15(2)18(21)19-16-7-9-17(10-8-16)20-11-5-4-6-12-20/h7-10,15H,3-6,11-14H2,1-2H3,(H,19,21)/t15-/m1/s1. The minimum absolute atomic E-state index is 0.132. The number of amides is 1. The molecular weight excluding hydrogens is 292 g/mol. The lowest BCUT2D eigenvalue weighted by Gasteiger charge is -2.28. The SMILES string of the molecule is CCOCCO[C@H](C)C(=O)Nc1ccc(N2CCCCC2)cc1. The number of carbonyl (C=O) groups is 1. The molecular formula is C18H28N2O3. The zero-order valence-electron chi connectivity index (χ0n) is 14.2. The van der Waals surface area contributed by atoms with Crippen molar-refractivity contribution in [3.05, 3.63) is 24.3 Å². The maximum atomic E-state index is 12.1. The van der Waals surface area contributed by atoms with Crippen molar-refractivity contribution in [3.8, 4) is 0 Å². The molecule has 0 unspecified atom stereocenters. The number of ether oxygens (including phenoxy) is 2. The summed E-state index contributed by atoms with van der Waals surface area (Å²) in [5, 5.41) is 2.89. The summed E-state index contributed by atoms with van der Waals surface area (Å²) >= 11 is 0. The van der Waals surface area contributed by atoms with Crippen LogP contribution in [0, 0.1) is 0 Å². The minimum Gasteiger partial charge on any atom is -0.379 e. The molecule has 5 heteroatoms. The molecule has 2 rings (SSSR count). The van der Waals surface area contributed by atoms with Crippen LogP contribution in [-0.4, -0.2) is 44.9 Å². The van der Waals surface area contributed by atoms with Gasteiger partial charge in [-0.05, 0) is 57.4 Å². The van der Waals surface area contributed by atoms with E-state index in [-0.39, 0.29) is 5.91 Å². The average molecular weight is 320 g/mol. The molecule has 0 bridgehead atoms. The molecule has 23 heavy (non-hydrogen) atoms. The van der Waals surface area contributed by atoms with Gasteiger partial charge in [-0.1, -0.05) is 0 Å². The second-order valence-electron chi connectivity index (χ2n) is 5.79. The van der Waals surface area contributed by atoms with Crippen LogP contribution in [-0.2, 0) is 14.3 Å². The van der Waals surface area contributed by atoms with E-state index in [4.69, 9.17) is 9.47 Å². The summed E-state index contributed by atoms with van der Waals surface area (Å²) in [6.45, 7) is 7.53. The highest BCUT2D eigenvalue weighted by Crippen LogP contribution is 2.21. The molecule has 128 valence electrons. The fourth-order valence-electron chi connectivity index (χ4n) is 2.66. The Hall–Kier alpha value is -1.59. The zero-order valence-corrected chi connectivity index (χ0v) is 14.2. The van der Waals surface area contributed by atoms with Gasteiger partial charge in [-0.25, -0.2) is 0 Å². The molecule has 1 aromatic rings. The number of nitrogens with one attached hydrogen (secondary N) is 1. The quantitative estimate of drug-likeness (QED) is 0.748. The van der Waals surface area contributed by atoms with E-state index in [1.807, 2.05) is 19.1 Å². The first-order chi connectivity index (χ1) is 11.2. The van der Waals surface area contributed by atoms with Gasteiger partial charge in [0.05, 0.1) is 13.2 Å². The van der Waals surface area contributed by atoms with Crippen molar-refractivity contribution in [2.75, 3.05) is 43.1 Å². The molecule has 5 nitrogen and oxygen atoms in total. The lowest BCUT2D eigenvalue weighted by molar-refractivity contribution is -0.127. The number of hydrogen-bond donors (Lipinski definition) is 1. The van der Waals surface area contributed by atoms with Gasteiger partial charge in [0.2, 0.25) is 0 Å². The number of rotatable bonds is 8. The summed E-state index contributed by atoms with van der Waals surface area (Å²) in [7, 11) is 0. The normalized spacial score (nSPS) is 16.2. The minimum atomic E-state index is -0.489. The number of piperidine rings is 1. The first-order valence-corrected chi connectivity index (χ1v) is 8.56. The van der Waals surface area contributed by atoms with E-state index < -0.39 is 6.10 Å². The van der Waals surface area contributed by atoms with Crippen LogP contribution in [0.15, 0.2) is 24.3 Å². The Morgan fingerprint density at radius 1 is 1.17 bits per heavy atom. The molecule has 1 atom stereocenters. The Balaban J connectivity index is 1.79. The van der Waals surface area contributed by atoms with Crippen molar-refractivity contribution < 1.29 is 14.3 Å². The van der Waals surface area contributed by atoms with E-state index in [1.165, 1.54) is 24.9 Å². The first-order valence-electron chi connectivity index (χ1n) is 8.56. The Bertz CT molecular complexity index is 470. The molecule has 0 saturated carbocycles. The molecule has 1 amide bonds. The van der Waals surface area contributed by atoms with E-state index in [0.29, 0.717) is 19.8 Å². The fourth-order valence-corrected chi connectivity index (χ4v) is 2.66. The molecule has 0 radical (unpaired) electrons. The van der Waals surface area contributed by atoms with Gasteiger partial charge in [0.25, 0.3) is 5.91 Å². The van der Waals surface area contributed by atoms with Gasteiger partial charge in [-0.3, -0.25) is 4.79 Å². The number of benzene rings is 1. The Morgan fingerprint density at radius 3 is 2.52 bits per heavy atom. The van der Waals surface area contributed by atoms with Gasteiger partial charge in [0, 0.05) is 31.1 Å². The molecule has 1 aromatic carbocycles. The third-order valence-corrected chi connectivity index (χ3v) is 4.02. The molecule has 1 heterocycles. The van der Waals surface area contributed by atoms with Crippen LogP contribution < -0.4 is 10.2 Å². The van der Waals surface area contributed by atoms with E-state index in [1.54, 1.807) is 6.92 Å². The largest absolute Gasteiger partial charge is 0.379 e. The Kier molecular flexibility index (Phi) is 7.36. The van der Waals surface area contributed by atoms with Crippen LogP contribution in [0.3, 0.4) is 0 Å². The monoisotopic (exact) mass is 320 g/mol. The van der Waals surface area contributed by atoms with Crippen LogP contribution in [0.2, 0.25) is 0 Å². The van der Waals surface area contributed by atoms with Gasteiger partial charge < -0.3 is 19.7 Å². The summed E-state index contributed by atoms with van der Waals surface area (Å²) in [4.78, 5) is 14.5. The van der Waals surface area contributed by atoms with Crippen molar-refractivity contribution >= 4 is 17.3 Å². The third-order valence-electron chi connectivity index (χ3n) is 4.02. The third kappa shape index (κ3) is 5.84. The van der Waals surface area contributed by atoms with Crippen molar-refractivity contribution in [2.45, 2.75) is 39.2 Å². The van der Waals surface area contributed by atoms with E-state index in [0.717, 1.165) is 18.8 Å². The lowest BCUT2D eigenvalue weighted by Crippen LogP contribution is -2.30. The Labute approximate surface area is 139 Å². The summed E-state index contributed by atoms with van der Waals surface area (Å²) in [5.74, 6) is -0.132. The zero-order chi connectivity index (χ0) is 16.5. The highest BCUT2D eigenvalue weighted by Gasteiger charge is 2.14. The number of hydrogen-bond acceptors (Lipinski definition) is 4. The highest BCUT2D eigenvalue weighted by molar-refractivity contribution is 5.94. The molecule has 1 fully saturated rings. The van der Waals surface area contributed by atoms with Crippen molar-refractivity contribution in [1.82, 2.24) is 0 Å². The Morgan fingerprint density at radius 2 is 1.87 bits per heavy atom.